The van der Waals surface area contributed by atoms with Gasteiger partial charge in [0.05, 0.1) is 7.11 Å². The van der Waals surface area contributed by atoms with E-state index in [-0.39, 0.29) is 28.4 Å². The number of rotatable bonds is 7. The number of nitrogens with one attached hydrogen (secondary N) is 3. The monoisotopic (exact) mass is 474 g/mol. The number of pyridine rings is 1. The van der Waals surface area contributed by atoms with Crippen molar-refractivity contribution >= 4 is 33.4 Å². The van der Waals surface area contributed by atoms with Crippen LogP contribution in [0.15, 0.2) is 71.8 Å². The summed E-state index contributed by atoms with van der Waals surface area (Å²) in [4.78, 5) is 28.1. The summed E-state index contributed by atoms with van der Waals surface area (Å²) in [7, 11) is -2.71. The van der Waals surface area contributed by atoms with Crippen LogP contribution in [0.1, 0.15) is 26.4 Å². The zero-order valence-electron chi connectivity index (χ0n) is 16.8. The maximum atomic E-state index is 12.9. The van der Waals surface area contributed by atoms with Crippen molar-refractivity contribution in [2.75, 3.05) is 7.11 Å². The Balaban J connectivity index is 1.74. The van der Waals surface area contributed by atoms with Gasteiger partial charge in [-0.3, -0.25) is 25.4 Å². The van der Waals surface area contributed by atoms with E-state index >= 15 is 0 Å². The molecule has 1 heterocycles. The van der Waals surface area contributed by atoms with Crippen LogP contribution in [0.4, 0.5) is 0 Å². The fourth-order valence-electron chi connectivity index (χ4n) is 2.63. The third kappa shape index (κ3) is 5.82. The van der Waals surface area contributed by atoms with Crippen LogP contribution < -0.4 is 20.3 Å². The second kappa shape index (κ2) is 10.2. The van der Waals surface area contributed by atoms with E-state index < -0.39 is 21.8 Å². The molecule has 0 saturated carbocycles. The minimum absolute atomic E-state index is 0.000936. The largest absolute Gasteiger partial charge is 0.495 e. The summed E-state index contributed by atoms with van der Waals surface area (Å²) in [6.45, 7) is 0.0131. The summed E-state index contributed by atoms with van der Waals surface area (Å²) < 4.78 is 33.3. The van der Waals surface area contributed by atoms with E-state index in [1.165, 1.54) is 31.5 Å². The molecular weight excluding hydrogens is 456 g/mol. The van der Waals surface area contributed by atoms with Gasteiger partial charge in [-0.1, -0.05) is 29.8 Å². The van der Waals surface area contributed by atoms with Gasteiger partial charge in [0, 0.05) is 23.3 Å². The van der Waals surface area contributed by atoms with E-state index in [0.717, 1.165) is 6.07 Å². The number of hydrogen-bond donors (Lipinski definition) is 3. The molecule has 166 valence electrons. The van der Waals surface area contributed by atoms with Crippen LogP contribution in [0.2, 0.25) is 5.02 Å². The fraction of sp³-hybridized carbons (Fsp3) is 0.0952. The standard InChI is InChI=1S/C21H19ClN4O5S/c1-31-18-10-7-15(20(27)25-26-21(28)17-4-2-3-11-23-17)12-19(18)32(29,30)24-13-14-5-8-16(22)9-6-14/h2-12,24H,13H2,1H3,(H,25,27)(H,26,28). The summed E-state index contributed by atoms with van der Waals surface area (Å²) in [5.41, 5.74) is 5.26. The van der Waals surface area contributed by atoms with Crippen LogP contribution >= 0.6 is 11.6 Å². The molecule has 9 nitrogen and oxygen atoms in total. The normalized spacial score (nSPS) is 10.9. The summed E-state index contributed by atoms with van der Waals surface area (Å²) >= 11 is 5.84. The molecule has 1 aromatic heterocycles. The van der Waals surface area contributed by atoms with Gasteiger partial charge < -0.3 is 4.74 Å². The van der Waals surface area contributed by atoms with Gasteiger partial charge in [-0.25, -0.2) is 13.1 Å². The van der Waals surface area contributed by atoms with Gasteiger partial charge in [-0.15, -0.1) is 0 Å². The number of aromatic nitrogens is 1. The number of ether oxygens (including phenoxy) is 1. The van der Waals surface area contributed by atoms with Crippen molar-refractivity contribution in [1.29, 1.82) is 0 Å². The first-order valence-corrected chi connectivity index (χ1v) is 11.1. The maximum absolute atomic E-state index is 12.9. The first-order chi connectivity index (χ1) is 15.3. The number of hydrogen-bond acceptors (Lipinski definition) is 6. The molecule has 3 aromatic rings. The number of nitrogens with zero attached hydrogens (tertiary/aromatic N) is 1. The van der Waals surface area contributed by atoms with Gasteiger partial charge in [0.15, 0.2) is 0 Å². The molecule has 0 saturated heterocycles. The van der Waals surface area contributed by atoms with E-state index in [1.807, 2.05) is 0 Å². The Kier molecular flexibility index (Phi) is 7.41. The Morgan fingerprint density at radius 1 is 1.00 bits per heavy atom. The molecule has 0 atom stereocenters. The van der Waals surface area contributed by atoms with Crippen molar-refractivity contribution in [3.8, 4) is 5.75 Å². The Labute approximate surface area is 189 Å². The highest BCUT2D eigenvalue weighted by Crippen LogP contribution is 2.25. The quantitative estimate of drug-likeness (QED) is 0.451. The third-order valence-corrected chi connectivity index (χ3v) is 5.96. The molecular formula is C21H19ClN4O5S. The number of carbonyl (C=O) groups excluding carboxylic acids is 2. The highest BCUT2D eigenvalue weighted by molar-refractivity contribution is 7.89. The van der Waals surface area contributed by atoms with Gasteiger partial charge in [0.1, 0.15) is 16.3 Å². The second-order valence-corrected chi connectivity index (χ2v) is 8.61. The van der Waals surface area contributed by atoms with Crippen molar-refractivity contribution < 1.29 is 22.7 Å². The lowest BCUT2D eigenvalue weighted by molar-refractivity contribution is 0.0844. The van der Waals surface area contributed by atoms with Crippen LogP contribution in [-0.4, -0.2) is 32.3 Å². The van der Waals surface area contributed by atoms with E-state index in [4.69, 9.17) is 16.3 Å². The van der Waals surface area contributed by atoms with Gasteiger partial charge in [-0.05, 0) is 48.0 Å². The van der Waals surface area contributed by atoms with Crippen LogP contribution in [-0.2, 0) is 16.6 Å². The number of carbonyl (C=O) groups is 2. The van der Waals surface area contributed by atoms with E-state index in [2.05, 4.69) is 20.6 Å². The summed E-state index contributed by atoms with van der Waals surface area (Å²) in [5, 5.41) is 0.534. The summed E-state index contributed by atoms with van der Waals surface area (Å²) in [6, 6.07) is 15.3. The smallest absolute Gasteiger partial charge is 0.288 e. The van der Waals surface area contributed by atoms with Crippen LogP contribution in [0.25, 0.3) is 0 Å². The SMILES string of the molecule is COc1ccc(C(=O)NNC(=O)c2ccccn2)cc1S(=O)(=O)NCc1ccc(Cl)cc1. The minimum Gasteiger partial charge on any atom is -0.495 e. The molecule has 0 aliphatic carbocycles. The Hall–Kier alpha value is -3.47. The van der Waals surface area contributed by atoms with Crippen LogP contribution in [0, 0.1) is 0 Å². The van der Waals surface area contributed by atoms with Crippen molar-refractivity contribution in [1.82, 2.24) is 20.6 Å². The molecule has 0 fully saturated rings. The van der Waals surface area contributed by atoms with Gasteiger partial charge in [-0.2, -0.15) is 0 Å². The van der Waals surface area contributed by atoms with Crippen molar-refractivity contribution in [2.24, 2.45) is 0 Å². The predicted molar refractivity (Wildman–Crippen MR) is 118 cm³/mol. The molecule has 32 heavy (non-hydrogen) atoms. The molecule has 0 radical (unpaired) electrons. The second-order valence-electron chi connectivity index (χ2n) is 6.44. The lowest BCUT2D eigenvalue weighted by atomic mass is 10.2. The lowest BCUT2D eigenvalue weighted by Gasteiger charge is -2.13. The number of amides is 2. The molecule has 11 heteroatoms. The van der Waals surface area contributed by atoms with Crippen molar-refractivity contribution in [3.63, 3.8) is 0 Å². The molecule has 0 aliphatic rings. The first-order valence-electron chi connectivity index (χ1n) is 9.24. The summed E-state index contributed by atoms with van der Waals surface area (Å²) in [5.74, 6) is -1.28. The van der Waals surface area contributed by atoms with Gasteiger partial charge in [0.25, 0.3) is 11.8 Å². The molecule has 2 aromatic carbocycles. The van der Waals surface area contributed by atoms with Crippen LogP contribution in [0.5, 0.6) is 5.75 Å². The number of methoxy groups -OCH3 is 1. The molecule has 0 bridgehead atoms. The Bertz CT molecular complexity index is 1220. The molecule has 3 N–H and O–H groups in total. The maximum Gasteiger partial charge on any atom is 0.288 e. The number of benzene rings is 2. The molecule has 0 spiro atoms. The fourth-order valence-corrected chi connectivity index (χ4v) is 3.97. The average molecular weight is 475 g/mol. The highest BCUT2D eigenvalue weighted by atomic mass is 35.5. The Morgan fingerprint density at radius 3 is 2.38 bits per heavy atom. The predicted octanol–water partition coefficient (Wildman–Crippen LogP) is 2.30. The number of sulfonamides is 1. The third-order valence-electron chi connectivity index (χ3n) is 4.28. The van der Waals surface area contributed by atoms with Crippen LogP contribution in [0.3, 0.4) is 0 Å². The molecule has 3 rings (SSSR count). The molecule has 0 unspecified atom stereocenters. The number of halogens is 1. The van der Waals surface area contributed by atoms with Gasteiger partial charge in [0.2, 0.25) is 10.0 Å². The Morgan fingerprint density at radius 2 is 1.72 bits per heavy atom. The number of hydrazine groups is 1. The van der Waals surface area contributed by atoms with E-state index in [1.54, 1.807) is 36.4 Å². The first kappa shape index (κ1) is 23.2. The zero-order chi connectivity index (χ0) is 23.1. The minimum atomic E-state index is -4.03. The van der Waals surface area contributed by atoms with Gasteiger partial charge >= 0.3 is 0 Å². The highest BCUT2D eigenvalue weighted by Gasteiger charge is 2.22. The summed E-state index contributed by atoms with van der Waals surface area (Å²) in [6.07, 6.45) is 1.44. The lowest BCUT2D eigenvalue weighted by Crippen LogP contribution is -2.42. The molecule has 0 aliphatic heterocycles. The van der Waals surface area contributed by atoms with Crippen molar-refractivity contribution in [3.05, 3.63) is 88.7 Å². The topological polar surface area (TPSA) is 126 Å². The zero-order valence-corrected chi connectivity index (χ0v) is 18.4. The van der Waals surface area contributed by atoms with E-state index in [0.29, 0.717) is 10.6 Å². The van der Waals surface area contributed by atoms with Crippen molar-refractivity contribution in [2.45, 2.75) is 11.4 Å². The average Bonchev–Trinajstić information content (AvgIpc) is 2.82. The molecule has 2 amide bonds. The van der Waals surface area contributed by atoms with E-state index in [9.17, 15) is 18.0 Å².